The SMILES string of the molecule is Nc1ccccc1SCc1ccc(-c2cccc3c2ccc2c(-c4ccc5c6c4ccc[n+]6CCO5)c4ccccc4c(-c4ccc5c6c4ccc[n+]6CCO5)c23)cc1. The Balaban J connectivity index is 1.14. The van der Waals surface area contributed by atoms with Crippen molar-refractivity contribution in [2.24, 2.45) is 0 Å². The van der Waals surface area contributed by atoms with Gasteiger partial charge in [0.15, 0.2) is 37.0 Å². The van der Waals surface area contributed by atoms with Gasteiger partial charge in [-0.25, -0.2) is 0 Å². The number of anilines is 1. The van der Waals surface area contributed by atoms with Crippen LogP contribution in [0, 0.1) is 0 Å². The van der Waals surface area contributed by atoms with E-state index in [-0.39, 0.29) is 0 Å². The second-order valence-electron chi connectivity index (χ2n) is 15.6. The fourth-order valence-corrected chi connectivity index (χ4v) is 10.6. The summed E-state index contributed by atoms with van der Waals surface area (Å²) in [5.74, 6) is 2.73. The maximum atomic E-state index is 6.26. The van der Waals surface area contributed by atoms with Gasteiger partial charge in [0.1, 0.15) is 13.2 Å². The number of nitrogens with zero attached hydrogens (tertiary/aromatic N) is 2. The lowest BCUT2D eigenvalue weighted by atomic mass is 9.81. The maximum absolute atomic E-state index is 6.26. The molecule has 4 heterocycles. The first-order valence-electron chi connectivity index (χ1n) is 20.3. The Hall–Kier alpha value is -6.89. The minimum atomic E-state index is 0.670. The lowest BCUT2D eigenvalue weighted by Gasteiger charge is -2.22. The van der Waals surface area contributed by atoms with Crippen molar-refractivity contribution in [3.8, 4) is 44.9 Å². The summed E-state index contributed by atoms with van der Waals surface area (Å²) in [7, 11) is 0. The number of fused-ring (bicyclic) bond motifs is 4. The lowest BCUT2D eigenvalue weighted by Crippen LogP contribution is -2.40. The average Bonchev–Trinajstić information content (AvgIpc) is 3.29. The third kappa shape index (κ3) is 5.40. The Bertz CT molecular complexity index is 3340. The maximum Gasteiger partial charge on any atom is 0.255 e. The number of nitrogen functional groups attached to an aromatic ring is 1. The fourth-order valence-electron chi connectivity index (χ4n) is 9.70. The number of hydrogen-bond acceptors (Lipinski definition) is 4. The smallest absolute Gasteiger partial charge is 0.255 e. The van der Waals surface area contributed by atoms with Crippen molar-refractivity contribution in [1.82, 2.24) is 0 Å². The summed E-state index contributed by atoms with van der Waals surface area (Å²) in [5.41, 5.74) is 17.9. The van der Waals surface area contributed by atoms with Crippen LogP contribution in [0.25, 0.3) is 87.5 Å². The predicted octanol–water partition coefficient (Wildman–Crippen LogP) is 11.7. The van der Waals surface area contributed by atoms with Crippen molar-refractivity contribution in [3.63, 3.8) is 0 Å². The predicted molar refractivity (Wildman–Crippen MR) is 242 cm³/mol. The lowest BCUT2D eigenvalue weighted by molar-refractivity contribution is -0.676. The van der Waals surface area contributed by atoms with Gasteiger partial charge in [0.05, 0.1) is 10.8 Å². The van der Waals surface area contributed by atoms with E-state index in [1.807, 2.05) is 18.2 Å². The number of thioether (sulfide) groups is 1. The summed E-state index contributed by atoms with van der Waals surface area (Å²) >= 11 is 1.78. The topological polar surface area (TPSA) is 52.2 Å². The van der Waals surface area contributed by atoms with Crippen LogP contribution in [-0.2, 0) is 18.8 Å². The number of benzene rings is 8. The standard InChI is InChI=1S/C53H39N3O2S/c54-45-14-3-4-15-48(45)59-32-33-16-18-34(19-17-33)35-10-5-11-37-36(35)20-21-44-49(40-22-24-46-52-42(40)12-6-26-55(52)28-30-57-46)38-8-1-2-9-39(38)50(51(37)44)41-23-25-47-53-43(41)13-7-27-56(53)29-31-58-47/h1-27H,28-32,54H2/q+2. The van der Waals surface area contributed by atoms with E-state index in [0.717, 1.165) is 52.0 Å². The van der Waals surface area contributed by atoms with Crippen LogP contribution >= 0.6 is 11.8 Å². The Morgan fingerprint density at radius 2 is 1.07 bits per heavy atom. The zero-order valence-corrected chi connectivity index (χ0v) is 33.1. The normalized spacial score (nSPS) is 13.3. The second kappa shape index (κ2) is 13.6. The molecule has 10 aromatic rings. The summed E-state index contributed by atoms with van der Waals surface area (Å²) in [6.07, 6.45) is 4.36. The van der Waals surface area contributed by atoms with Crippen LogP contribution in [0.3, 0.4) is 0 Å². The van der Waals surface area contributed by atoms with Crippen molar-refractivity contribution in [1.29, 1.82) is 0 Å². The number of pyridine rings is 2. The third-order valence-corrected chi connectivity index (χ3v) is 13.5. The minimum absolute atomic E-state index is 0.670. The molecular formula is C53H39N3O2S+2. The number of rotatable bonds is 6. The summed E-state index contributed by atoms with van der Waals surface area (Å²) in [6, 6.07) is 55.5. The number of nitrogens with two attached hydrogens (primary N) is 1. The van der Waals surface area contributed by atoms with E-state index in [9.17, 15) is 0 Å². The van der Waals surface area contributed by atoms with Crippen LogP contribution in [0.2, 0.25) is 0 Å². The Labute approximate surface area is 345 Å². The van der Waals surface area contributed by atoms with Gasteiger partial charge < -0.3 is 15.2 Å². The molecule has 0 aliphatic carbocycles. The highest BCUT2D eigenvalue weighted by molar-refractivity contribution is 7.98. The molecule has 5 nitrogen and oxygen atoms in total. The summed E-state index contributed by atoms with van der Waals surface area (Å²) in [4.78, 5) is 1.11. The van der Waals surface area contributed by atoms with Crippen molar-refractivity contribution >= 4 is 71.6 Å². The van der Waals surface area contributed by atoms with E-state index in [4.69, 9.17) is 15.2 Å². The van der Waals surface area contributed by atoms with E-state index in [1.165, 1.54) is 82.0 Å². The number of aromatic nitrogens is 2. The van der Waals surface area contributed by atoms with Crippen molar-refractivity contribution in [2.45, 2.75) is 23.7 Å². The molecule has 0 spiro atoms. The van der Waals surface area contributed by atoms with Crippen LogP contribution in [0.4, 0.5) is 5.69 Å². The van der Waals surface area contributed by atoms with Gasteiger partial charge in [0.2, 0.25) is 0 Å². The van der Waals surface area contributed by atoms with Gasteiger partial charge in [-0.2, -0.15) is 9.13 Å². The van der Waals surface area contributed by atoms with Crippen LogP contribution in [0.5, 0.6) is 11.5 Å². The molecule has 2 N–H and O–H groups in total. The monoisotopic (exact) mass is 781 g/mol. The van der Waals surface area contributed by atoms with Gasteiger partial charge in [-0.15, -0.1) is 11.8 Å². The van der Waals surface area contributed by atoms with Gasteiger partial charge in [-0.05, 0) is 120 Å². The zero-order chi connectivity index (χ0) is 39.0. The molecule has 0 unspecified atom stereocenters. The van der Waals surface area contributed by atoms with Crippen molar-refractivity contribution < 1.29 is 18.6 Å². The molecule has 0 saturated carbocycles. The van der Waals surface area contributed by atoms with E-state index in [2.05, 4.69) is 155 Å². The summed E-state index contributed by atoms with van der Waals surface area (Å²) in [6.45, 7) is 3.00. The number of ether oxygens (including phenoxy) is 2. The highest BCUT2D eigenvalue weighted by atomic mass is 32.2. The quantitative estimate of drug-likeness (QED) is 0.0600. The van der Waals surface area contributed by atoms with Crippen molar-refractivity contribution in [3.05, 3.63) is 170 Å². The van der Waals surface area contributed by atoms with Gasteiger partial charge in [-0.1, -0.05) is 91.0 Å². The molecule has 0 saturated heterocycles. The largest absolute Gasteiger partial charge is 0.480 e. The molecule has 6 heteroatoms. The first-order valence-corrected chi connectivity index (χ1v) is 21.3. The molecule has 0 fully saturated rings. The molecule has 0 radical (unpaired) electrons. The zero-order valence-electron chi connectivity index (χ0n) is 32.3. The fraction of sp³-hybridized carbons (Fsp3) is 0.0943. The average molecular weight is 782 g/mol. The van der Waals surface area contributed by atoms with Gasteiger partial charge in [0.25, 0.3) is 11.0 Å². The molecule has 0 bridgehead atoms. The van der Waals surface area contributed by atoms with Gasteiger partial charge in [-0.3, -0.25) is 0 Å². The molecule has 2 aliphatic heterocycles. The molecule has 0 amide bonds. The minimum Gasteiger partial charge on any atom is -0.480 e. The third-order valence-electron chi connectivity index (χ3n) is 12.3. The Morgan fingerprint density at radius 3 is 1.76 bits per heavy atom. The molecule has 0 atom stereocenters. The van der Waals surface area contributed by atoms with E-state index < -0.39 is 0 Å². The van der Waals surface area contributed by atoms with Crippen molar-refractivity contribution in [2.75, 3.05) is 18.9 Å². The first kappa shape index (κ1) is 34.2. The Morgan fingerprint density at radius 1 is 0.475 bits per heavy atom. The molecule has 2 aliphatic rings. The summed E-state index contributed by atoms with van der Waals surface area (Å²) < 4.78 is 17.2. The molecule has 8 aromatic carbocycles. The Kier molecular flexibility index (Phi) is 7.88. The van der Waals surface area contributed by atoms with Crippen LogP contribution in [-0.4, -0.2) is 13.2 Å². The van der Waals surface area contributed by atoms with E-state index in [0.29, 0.717) is 13.2 Å². The molecule has 2 aromatic heterocycles. The highest BCUT2D eigenvalue weighted by Crippen LogP contribution is 2.50. The molecule has 282 valence electrons. The molecular weight excluding hydrogens is 743 g/mol. The van der Waals surface area contributed by atoms with Gasteiger partial charge >= 0.3 is 0 Å². The number of para-hydroxylation sites is 1. The van der Waals surface area contributed by atoms with E-state index in [1.54, 1.807) is 11.8 Å². The van der Waals surface area contributed by atoms with E-state index >= 15 is 0 Å². The van der Waals surface area contributed by atoms with Gasteiger partial charge in [0, 0.05) is 28.5 Å². The molecule has 59 heavy (non-hydrogen) atoms. The van der Waals surface area contributed by atoms with Crippen LogP contribution in [0.1, 0.15) is 5.56 Å². The number of hydrogen-bond donors (Lipinski definition) is 1. The van der Waals surface area contributed by atoms with Crippen LogP contribution in [0.15, 0.2) is 169 Å². The summed E-state index contributed by atoms with van der Waals surface area (Å²) in [5, 5.41) is 9.76. The first-order chi connectivity index (χ1) is 29.2. The highest BCUT2D eigenvalue weighted by Gasteiger charge is 2.28. The second-order valence-corrected chi connectivity index (χ2v) is 16.6. The van der Waals surface area contributed by atoms with Crippen LogP contribution < -0.4 is 24.3 Å². The molecule has 12 rings (SSSR count).